The number of nitrogens with one attached hydrogen (secondary N) is 1. The van der Waals surface area contributed by atoms with Gasteiger partial charge in [-0.3, -0.25) is 4.79 Å². The van der Waals surface area contributed by atoms with E-state index in [1.54, 1.807) is 36.4 Å². The third kappa shape index (κ3) is 5.26. The number of hydrazone groups is 1. The minimum atomic E-state index is -0.981. The molecule has 4 aromatic rings. The van der Waals surface area contributed by atoms with Crippen molar-refractivity contribution in [3.8, 4) is 11.5 Å². The lowest BCUT2D eigenvalue weighted by Crippen LogP contribution is -2.16. The number of amides is 1. The minimum Gasteiger partial charge on any atom is -0.493 e. The van der Waals surface area contributed by atoms with E-state index in [4.69, 9.17) is 19.0 Å². The number of methoxy groups -OCH3 is 1. The normalized spacial score (nSPS) is 11.0. The molecule has 0 unspecified atom stereocenters. The largest absolute Gasteiger partial charge is 0.493 e. The first kappa shape index (κ1) is 23.1. The summed E-state index contributed by atoms with van der Waals surface area (Å²) in [5.41, 5.74) is 4.60. The molecule has 172 valence electrons. The van der Waals surface area contributed by atoms with Gasteiger partial charge in [-0.2, -0.15) is 5.10 Å². The standard InChI is InChI=1S/C25H19BrN2O6/c1-32-21-12-19(26)10-18-11-22(34-23(18)21)24(29)28-27-13-17-4-2-3-5-20(17)33-14-15-6-8-16(9-7-15)25(30)31/h2-13H,14H2,1H3,(H,28,29)(H,30,31)/b27-13-. The predicted octanol–water partition coefficient (Wildman–Crippen LogP) is 5.25. The molecule has 0 aliphatic heterocycles. The van der Waals surface area contributed by atoms with Gasteiger partial charge in [0.25, 0.3) is 0 Å². The maximum Gasteiger partial charge on any atom is 0.335 e. The Morgan fingerprint density at radius 3 is 2.59 bits per heavy atom. The number of rotatable bonds is 8. The fourth-order valence-corrected chi connectivity index (χ4v) is 3.64. The second-order valence-electron chi connectivity index (χ2n) is 7.16. The Bertz CT molecular complexity index is 1380. The number of hydrogen-bond donors (Lipinski definition) is 2. The summed E-state index contributed by atoms with van der Waals surface area (Å²) in [6.07, 6.45) is 1.47. The van der Waals surface area contributed by atoms with E-state index in [2.05, 4.69) is 26.5 Å². The highest BCUT2D eigenvalue weighted by Gasteiger charge is 2.15. The smallest absolute Gasteiger partial charge is 0.335 e. The van der Waals surface area contributed by atoms with E-state index < -0.39 is 11.9 Å². The van der Waals surface area contributed by atoms with E-state index in [0.29, 0.717) is 22.6 Å². The molecule has 8 nitrogen and oxygen atoms in total. The molecule has 0 spiro atoms. The lowest BCUT2D eigenvalue weighted by Gasteiger charge is -2.09. The molecule has 3 aromatic carbocycles. The summed E-state index contributed by atoms with van der Waals surface area (Å²) in [6.45, 7) is 0.244. The molecule has 0 saturated carbocycles. The van der Waals surface area contributed by atoms with E-state index in [9.17, 15) is 9.59 Å². The molecule has 0 aliphatic carbocycles. The van der Waals surface area contributed by atoms with Gasteiger partial charge in [0, 0.05) is 15.4 Å². The molecule has 0 fully saturated rings. The molecule has 4 rings (SSSR count). The van der Waals surface area contributed by atoms with Crippen LogP contribution in [0, 0.1) is 0 Å². The monoisotopic (exact) mass is 522 g/mol. The Balaban J connectivity index is 1.42. The number of carbonyl (C=O) groups excluding carboxylic acids is 1. The van der Waals surface area contributed by atoms with Gasteiger partial charge in [0.2, 0.25) is 0 Å². The van der Waals surface area contributed by atoms with E-state index in [1.807, 2.05) is 18.2 Å². The molecule has 34 heavy (non-hydrogen) atoms. The van der Waals surface area contributed by atoms with Crippen LogP contribution < -0.4 is 14.9 Å². The van der Waals surface area contributed by atoms with Gasteiger partial charge in [-0.25, -0.2) is 10.2 Å². The number of benzene rings is 3. The van der Waals surface area contributed by atoms with Crippen LogP contribution in [0.15, 0.2) is 80.7 Å². The van der Waals surface area contributed by atoms with Crippen molar-refractivity contribution in [2.45, 2.75) is 6.61 Å². The van der Waals surface area contributed by atoms with Gasteiger partial charge in [-0.1, -0.05) is 40.2 Å². The number of carbonyl (C=O) groups is 2. The lowest BCUT2D eigenvalue weighted by molar-refractivity contribution is 0.0696. The van der Waals surface area contributed by atoms with Gasteiger partial charge in [-0.05, 0) is 48.0 Å². The number of halogens is 1. The van der Waals surface area contributed by atoms with Gasteiger partial charge >= 0.3 is 11.9 Å². The third-order valence-electron chi connectivity index (χ3n) is 4.87. The van der Waals surface area contributed by atoms with E-state index in [0.717, 1.165) is 15.4 Å². The first-order valence-electron chi connectivity index (χ1n) is 10.1. The van der Waals surface area contributed by atoms with Crippen LogP contribution in [-0.4, -0.2) is 30.3 Å². The minimum absolute atomic E-state index is 0.0953. The van der Waals surface area contributed by atoms with Gasteiger partial charge in [0.15, 0.2) is 17.1 Å². The molecule has 1 aromatic heterocycles. The highest BCUT2D eigenvalue weighted by Crippen LogP contribution is 2.32. The molecule has 2 N–H and O–H groups in total. The number of fused-ring (bicyclic) bond motifs is 1. The van der Waals surface area contributed by atoms with Crippen molar-refractivity contribution >= 4 is 45.0 Å². The van der Waals surface area contributed by atoms with Crippen molar-refractivity contribution in [2.24, 2.45) is 5.10 Å². The molecular weight excluding hydrogens is 504 g/mol. The molecule has 9 heteroatoms. The van der Waals surface area contributed by atoms with Crippen LogP contribution in [0.4, 0.5) is 0 Å². The fraction of sp³-hybridized carbons (Fsp3) is 0.0800. The van der Waals surface area contributed by atoms with Crippen molar-refractivity contribution in [3.05, 3.63) is 93.7 Å². The molecule has 1 heterocycles. The van der Waals surface area contributed by atoms with Crippen molar-refractivity contribution in [1.29, 1.82) is 0 Å². The number of nitrogens with zero attached hydrogens (tertiary/aromatic N) is 1. The van der Waals surface area contributed by atoms with Gasteiger partial charge < -0.3 is 19.0 Å². The van der Waals surface area contributed by atoms with Crippen LogP contribution in [0.2, 0.25) is 0 Å². The number of ether oxygens (including phenoxy) is 2. The highest BCUT2D eigenvalue weighted by molar-refractivity contribution is 9.10. The maximum atomic E-state index is 12.5. The molecule has 0 aliphatic rings. The van der Waals surface area contributed by atoms with E-state index in [1.165, 1.54) is 25.5 Å². The fourth-order valence-electron chi connectivity index (χ4n) is 3.19. The number of aromatic carboxylic acids is 1. The van der Waals surface area contributed by atoms with E-state index in [-0.39, 0.29) is 17.9 Å². The summed E-state index contributed by atoms with van der Waals surface area (Å²) < 4.78 is 17.6. The van der Waals surface area contributed by atoms with Crippen LogP contribution in [0.3, 0.4) is 0 Å². The summed E-state index contributed by atoms with van der Waals surface area (Å²) in [5, 5.41) is 13.7. The molecular formula is C25H19BrN2O6. The number of para-hydroxylation sites is 1. The summed E-state index contributed by atoms with van der Waals surface area (Å²) in [6, 6.07) is 18.8. The number of carboxylic acid groups (broad SMARTS) is 1. The van der Waals surface area contributed by atoms with E-state index >= 15 is 0 Å². The zero-order valence-corrected chi connectivity index (χ0v) is 19.5. The van der Waals surface area contributed by atoms with Crippen molar-refractivity contribution in [3.63, 3.8) is 0 Å². The average molecular weight is 523 g/mol. The van der Waals surface area contributed by atoms with Gasteiger partial charge in [0.05, 0.1) is 18.9 Å². The average Bonchev–Trinajstić information content (AvgIpc) is 3.27. The Morgan fingerprint density at radius 2 is 1.85 bits per heavy atom. The Kier molecular flexibility index (Phi) is 6.93. The number of hydrogen-bond acceptors (Lipinski definition) is 6. The Morgan fingerprint density at radius 1 is 1.09 bits per heavy atom. The maximum absolute atomic E-state index is 12.5. The summed E-state index contributed by atoms with van der Waals surface area (Å²) >= 11 is 3.40. The molecule has 1 amide bonds. The summed E-state index contributed by atoms with van der Waals surface area (Å²) in [5.74, 6) is -0.331. The second kappa shape index (κ2) is 10.2. The van der Waals surface area contributed by atoms with Crippen molar-refractivity contribution in [1.82, 2.24) is 5.43 Å². The zero-order valence-electron chi connectivity index (χ0n) is 17.9. The summed E-state index contributed by atoms with van der Waals surface area (Å²) in [4.78, 5) is 23.5. The van der Waals surface area contributed by atoms with Crippen LogP contribution in [-0.2, 0) is 6.61 Å². The number of furan rings is 1. The Labute approximate surface area is 202 Å². The van der Waals surface area contributed by atoms with Crippen LogP contribution in [0.5, 0.6) is 11.5 Å². The molecule has 0 bridgehead atoms. The zero-order chi connectivity index (χ0) is 24.1. The lowest BCUT2D eigenvalue weighted by atomic mass is 10.1. The van der Waals surface area contributed by atoms with Crippen LogP contribution in [0.25, 0.3) is 11.0 Å². The second-order valence-corrected chi connectivity index (χ2v) is 8.08. The Hall–Kier alpha value is -4.11. The number of carboxylic acids is 1. The molecule has 0 saturated heterocycles. The highest BCUT2D eigenvalue weighted by atomic mass is 79.9. The molecule has 0 atom stereocenters. The first-order chi connectivity index (χ1) is 16.4. The van der Waals surface area contributed by atoms with Gasteiger partial charge in [0.1, 0.15) is 12.4 Å². The van der Waals surface area contributed by atoms with Crippen LogP contribution >= 0.6 is 15.9 Å². The first-order valence-corrected chi connectivity index (χ1v) is 10.9. The van der Waals surface area contributed by atoms with Gasteiger partial charge in [-0.15, -0.1) is 0 Å². The van der Waals surface area contributed by atoms with Crippen molar-refractivity contribution < 1.29 is 28.6 Å². The quantitative estimate of drug-likeness (QED) is 0.241. The topological polar surface area (TPSA) is 110 Å². The predicted molar refractivity (Wildman–Crippen MR) is 130 cm³/mol. The molecule has 0 radical (unpaired) electrons. The summed E-state index contributed by atoms with van der Waals surface area (Å²) in [7, 11) is 1.53. The third-order valence-corrected chi connectivity index (χ3v) is 5.33. The SMILES string of the molecule is COc1cc(Br)cc2cc(C(=O)N/N=C\c3ccccc3OCc3ccc(C(=O)O)cc3)oc12. The van der Waals surface area contributed by atoms with Crippen molar-refractivity contribution in [2.75, 3.05) is 7.11 Å². The van der Waals surface area contributed by atoms with Crippen LogP contribution in [0.1, 0.15) is 32.0 Å².